The first-order valence-electron chi connectivity index (χ1n) is 6.26. The standard InChI is InChI=1S/C13H22BrNOS/c1-16-10-9-15-8-5-3-2-4-6-13-12(14)7-11-17-13/h7,11,15H,2-6,8-10H2,1H3. The maximum absolute atomic E-state index is 4.97. The first-order valence-corrected chi connectivity index (χ1v) is 7.93. The molecule has 1 heterocycles. The lowest BCUT2D eigenvalue weighted by Crippen LogP contribution is -2.20. The van der Waals surface area contributed by atoms with Crippen LogP contribution in [0.5, 0.6) is 0 Å². The molecule has 0 spiro atoms. The fraction of sp³-hybridized carbons (Fsp3) is 0.692. The van der Waals surface area contributed by atoms with E-state index in [1.54, 1.807) is 7.11 Å². The third-order valence-corrected chi connectivity index (χ3v) is 4.67. The Morgan fingerprint density at radius 1 is 1.24 bits per heavy atom. The largest absolute Gasteiger partial charge is 0.383 e. The van der Waals surface area contributed by atoms with Gasteiger partial charge in [0.25, 0.3) is 0 Å². The van der Waals surface area contributed by atoms with Gasteiger partial charge in [0.2, 0.25) is 0 Å². The van der Waals surface area contributed by atoms with Gasteiger partial charge in [0.1, 0.15) is 0 Å². The fourth-order valence-electron chi connectivity index (χ4n) is 1.69. The number of aryl methyl sites for hydroxylation is 1. The minimum atomic E-state index is 0.812. The summed E-state index contributed by atoms with van der Waals surface area (Å²) in [6.07, 6.45) is 6.45. The minimum absolute atomic E-state index is 0.812. The molecule has 0 atom stereocenters. The van der Waals surface area contributed by atoms with Gasteiger partial charge in [-0.2, -0.15) is 0 Å². The SMILES string of the molecule is COCCNCCCCCCc1sccc1Br. The molecule has 2 nitrogen and oxygen atoms in total. The summed E-state index contributed by atoms with van der Waals surface area (Å²) in [6, 6.07) is 2.14. The highest BCUT2D eigenvalue weighted by molar-refractivity contribution is 9.10. The molecule has 0 unspecified atom stereocenters. The Kier molecular flexibility index (Phi) is 8.97. The van der Waals surface area contributed by atoms with E-state index in [2.05, 4.69) is 32.7 Å². The molecule has 98 valence electrons. The lowest BCUT2D eigenvalue weighted by molar-refractivity contribution is 0.199. The summed E-state index contributed by atoms with van der Waals surface area (Å²) in [4.78, 5) is 1.49. The maximum Gasteiger partial charge on any atom is 0.0587 e. The molecule has 1 N–H and O–H groups in total. The predicted molar refractivity (Wildman–Crippen MR) is 78.9 cm³/mol. The van der Waals surface area contributed by atoms with Crippen molar-refractivity contribution in [3.05, 3.63) is 20.8 Å². The Bertz CT molecular complexity index is 291. The van der Waals surface area contributed by atoms with Crippen LogP contribution in [-0.2, 0) is 11.2 Å². The topological polar surface area (TPSA) is 21.3 Å². The van der Waals surface area contributed by atoms with Crippen LogP contribution in [0.1, 0.15) is 30.6 Å². The van der Waals surface area contributed by atoms with E-state index in [0.717, 1.165) is 19.7 Å². The Balaban J connectivity index is 1.86. The second kappa shape index (κ2) is 10.1. The summed E-state index contributed by atoms with van der Waals surface area (Å²) >= 11 is 5.43. The summed E-state index contributed by atoms with van der Waals surface area (Å²) in [5.41, 5.74) is 0. The molecule has 0 aliphatic carbocycles. The lowest BCUT2D eigenvalue weighted by atomic mass is 10.1. The molecular weight excluding hydrogens is 298 g/mol. The van der Waals surface area contributed by atoms with Gasteiger partial charge in [0.05, 0.1) is 6.61 Å². The number of thiophene rings is 1. The molecule has 1 aromatic rings. The number of rotatable bonds is 10. The number of hydrogen-bond donors (Lipinski definition) is 1. The van der Waals surface area contributed by atoms with E-state index >= 15 is 0 Å². The highest BCUT2D eigenvalue weighted by atomic mass is 79.9. The third-order valence-electron chi connectivity index (χ3n) is 2.68. The van der Waals surface area contributed by atoms with E-state index in [4.69, 9.17) is 4.74 Å². The molecule has 0 aromatic carbocycles. The van der Waals surface area contributed by atoms with Crippen LogP contribution in [0.25, 0.3) is 0 Å². The number of hydrogen-bond acceptors (Lipinski definition) is 3. The molecule has 0 amide bonds. The van der Waals surface area contributed by atoms with Crippen molar-refractivity contribution >= 4 is 27.3 Å². The summed E-state index contributed by atoms with van der Waals surface area (Å²) in [7, 11) is 1.74. The van der Waals surface area contributed by atoms with Crippen molar-refractivity contribution in [2.75, 3.05) is 26.8 Å². The van der Waals surface area contributed by atoms with Crippen molar-refractivity contribution < 1.29 is 4.74 Å². The van der Waals surface area contributed by atoms with E-state index in [9.17, 15) is 0 Å². The molecule has 0 saturated carbocycles. The van der Waals surface area contributed by atoms with Gasteiger partial charge in [0.15, 0.2) is 0 Å². The van der Waals surface area contributed by atoms with E-state index in [1.807, 2.05) is 11.3 Å². The van der Waals surface area contributed by atoms with Gasteiger partial charge in [-0.3, -0.25) is 0 Å². The highest BCUT2D eigenvalue weighted by Crippen LogP contribution is 2.24. The van der Waals surface area contributed by atoms with Crippen LogP contribution in [0.2, 0.25) is 0 Å². The quantitative estimate of drug-likeness (QED) is 0.661. The average Bonchev–Trinajstić information content (AvgIpc) is 2.73. The number of halogens is 1. The number of methoxy groups -OCH3 is 1. The van der Waals surface area contributed by atoms with Gasteiger partial charge < -0.3 is 10.1 Å². The predicted octanol–water partition coefficient (Wildman–Crippen LogP) is 3.85. The molecule has 1 rings (SSSR count). The van der Waals surface area contributed by atoms with Gasteiger partial charge in [-0.25, -0.2) is 0 Å². The third kappa shape index (κ3) is 7.19. The van der Waals surface area contributed by atoms with Crippen molar-refractivity contribution in [1.82, 2.24) is 5.32 Å². The molecule has 0 bridgehead atoms. The van der Waals surface area contributed by atoms with Gasteiger partial charge in [-0.05, 0) is 53.2 Å². The van der Waals surface area contributed by atoms with Gasteiger partial charge in [0, 0.05) is 23.0 Å². The van der Waals surface area contributed by atoms with Crippen molar-refractivity contribution in [3.8, 4) is 0 Å². The maximum atomic E-state index is 4.97. The second-order valence-electron chi connectivity index (χ2n) is 4.10. The van der Waals surface area contributed by atoms with Crippen LogP contribution < -0.4 is 5.32 Å². The van der Waals surface area contributed by atoms with E-state index in [0.29, 0.717) is 0 Å². The van der Waals surface area contributed by atoms with E-state index in [-0.39, 0.29) is 0 Å². The summed E-state index contributed by atoms with van der Waals surface area (Å²) in [6.45, 7) is 2.90. The van der Waals surface area contributed by atoms with Gasteiger partial charge in [-0.1, -0.05) is 12.8 Å². The van der Waals surface area contributed by atoms with Crippen molar-refractivity contribution in [1.29, 1.82) is 0 Å². The van der Waals surface area contributed by atoms with Crippen LogP contribution in [0.15, 0.2) is 15.9 Å². The Morgan fingerprint density at radius 3 is 2.76 bits per heavy atom. The van der Waals surface area contributed by atoms with Gasteiger partial charge >= 0.3 is 0 Å². The van der Waals surface area contributed by atoms with Crippen LogP contribution in [-0.4, -0.2) is 26.8 Å². The lowest BCUT2D eigenvalue weighted by Gasteiger charge is -2.04. The van der Waals surface area contributed by atoms with Crippen LogP contribution in [0.3, 0.4) is 0 Å². The summed E-state index contributed by atoms with van der Waals surface area (Å²) < 4.78 is 6.25. The first-order chi connectivity index (χ1) is 8.34. The zero-order chi connectivity index (χ0) is 12.3. The van der Waals surface area contributed by atoms with Crippen LogP contribution in [0.4, 0.5) is 0 Å². The minimum Gasteiger partial charge on any atom is -0.383 e. The second-order valence-corrected chi connectivity index (χ2v) is 5.95. The van der Waals surface area contributed by atoms with Crippen molar-refractivity contribution in [2.24, 2.45) is 0 Å². The first kappa shape index (κ1) is 15.2. The zero-order valence-corrected chi connectivity index (χ0v) is 12.9. The van der Waals surface area contributed by atoms with Crippen LogP contribution >= 0.6 is 27.3 Å². The molecule has 0 radical (unpaired) electrons. The molecule has 0 aliphatic heterocycles. The molecule has 0 saturated heterocycles. The van der Waals surface area contributed by atoms with E-state index < -0.39 is 0 Å². The smallest absolute Gasteiger partial charge is 0.0587 e. The summed E-state index contributed by atoms with van der Waals surface area (Å²) in [5, 5.41) is 5.52. The molecule has 17 heavy (non-hydrogen) atoms. The van der Waals surface area contributed by atoms with Crippen LogP contribution in [0, 0.1) is 0 Å². The molecule has 4 heteroatoms. The summed E-state index contributed by atoms with van der Waals surface area (Å²) in [5.74, 6) is 0. The number of ether oxygens (including phenoxy) is 1. The Hall–Kier alpha value is 0.100. The van der Waals surface area contributed by atoms with Gasteiger partial charge in [-0.15, -0.1) is 11.3 Å². The fourth-order valence-corrected chi connectivity index (χ4v) is 3.29. The monoisotopic (exact) mass is 319 g/mol. The Morgan fingerprint density at radius 2 is 2.06 bits per heavy atom. The molecule has 1 aromatic heterocycles. The normalized spacial score (nSPS) is 10.9. The average molecular weight is 320 g/mol. The molecule has 0 fully saturated rings. The van der Waals surface area contributed by atoms with E-state index in [1.165, 1.54) is 41.5 Å². The zero-order valence-electron chi connectivity index (χ0n) is 10.5. The van der Waals surface area contributed by atoms with Crippen molar-refractivity contribution in [2.45, 2.75) is 32.1 Å². The number of unbranched alkanes of at least 4 members (excludes halogenated alkanes) is 3. The molecule has 0 aliphatic rings. The highest BCUT2D eigenvalue weighted by Gasteiger charge is 2.00. The number of nitrogens with one attached hydrogen (secondary N) is 1. The molecular formula is C13H22BrNOS. The van der Waals surface area contributed by atoms with Crippen molar-refractivity contribution in [3.63, 3.8) is 0 Å². The Labute approximate surface area is 117 Å².